The predicted octanol–water partition coefficient (Wildman–Crippen LogP) is 3.69. The second-order valence-corrected chi connectivity index (χ2v) is 17.1. The number of esters is 5. The SMILES string of the molecule is CCCC(=O)OCC(=O)OC(C(=O)OC1CC2(O)C(OC(=O)c3ccccc3)C3C(C)(C(=O)C(O)C(=C1C)C2(C)C)C(O)CC1OC[C@]13OC(C)=O)C(C)c1ccccc1. The second-order valence-electron chi connectivity index (χ2n) is 17.1. The van der Waals surface area contributed by atoms with E-state index in [1.807, 2.05) is 0 Å². The molecule has 3 fully saturated rings. The van der Waals surface area contributed by atoms with Crippen molar-refractivity contribution in [3.05, 3.63) is 82.9 Å². The Morgan fingerprint density at radius 3 is 2.15 bits per heavy atom. The van der Waals surface area contributed by atoms with Crippen LogP contribution in [-0.2, 0) is 52.4 Å². The van der Waals surface area contributed by atoms with Crippen LogP contribution >= 0.6 is 0 Å². The standard InChI is InChI=1S/C45H54O15/c1-8-15-32(48)55-22-33(49)58-36(24(2)27-16-11-9-12-17-27)41(53)57-29-21-45(54)39(59-40(52)28-18-13-10-14-19-28)37-43(7,38(51)35(50)34(25(29)3)42(45,5)6)30(47)20-31-44(37,23-56-31)60-26(4)46/h9-14,16-19,24,29-31,35-37,39,47,50,54H,8,15,20-23H2,1-7H3/t24?,29?,30?,31?,35?,36?,37?,39?,43?,44-,45?/m0/s1. The fourth-order valence-electron chi connectivity index (χ4n) is 9.86. The molecule has 1 saturated heterocycles. The molecule has 3 N–H and O–H groups in total. The van der Waals surface area contributed by atoms with Gasteiger partial charge < -0.3 is 43.7 Å². The van der Waals surface area contributed by atoms with Crippen molar-refractivity contribution in [2.24, 2.45) is 16.7 Å². The van der Waals surface area contributed by atoms with Gasteiger partial charge in [0, 0.05) is 37.5 Å². The fourth-order valence-corrected chi connectivity index (χ4v) is 9.86. The molecular formula is C45H54O15. The average molecular weight is 835 g/mol. The van der Waals surface area contributed by atoms with Gasteiger partial charge >= 0.3 is 29.8 Å². The molecule has 3 aliphatic carbocycles. The molecule has 2 aromatic rings. The quantitative estimate of drug-likeness (QED) is 0.158. The summed E-state index contributed by atoms with van der Waals surface area (Å²) in [5.41, 5.74) is -6.91. The van der Waals surface area contributed by atoms with E-state index in [1.54, 1.807) is 76.2 Å². The van der Waals surface area contributed by atoms with Crippen molar-refractivity contribution in [2.75, 3.05) is 13.2 Å². The Morgan fingerprint density at radius 2 is 1.57 bits per heavy atom. The van der Waals surface area contributed by atoms with Crippen molar-refractivity contribution in [3.8, 4) is 0 Å². The van der Waals surface area contributed by atoms with Crippen molar-refractivity contribution in [2.45, 2.75) is 128 Å². The molecule has 4 aliphatic rings. The molecule has 0 aromatic heterocycles. The first-order valence-corrected chi connectivity index (χ1v) is 20.3. The Bertz CT molecular complexity index is 2030. The summed E-state index contributed by atoms with van der Waals surface area (Å²) in [5.74, 6) is -7.64. The first kappa shape index (κ1) is 44.6. The molecule has 10 unspecified atom stereocenters. The number of carbonyl (C=O) groups excluding carboxylic acids is 6. The lowest BCUT2D eigenvalue weighted by atomic mass is 9.44. The molecule has 15 heteroatoms. The highest BCUT2D eigenvalue weighted by molar-refractivity contribution is 5.94. The van der Waals surface area contributed by atoms with E-state index in [9.17, 15) is 39.3 Å². The first-order valence-electron chi connectivity index (χ1n) is 20.3. The molecule has 324 valence electrons. The third kappa shape index (κ3) is 7.54. The van der Waals surface area contributed by atoms with Crippen LogP contribution in [0.15, 0.2) is 71.8 Å². The maximum Gasteiger partial charge on any atom is 0.348 e. The maximum absolute atomic E-state index is 15.0. The van der Waals surface area contributed by atoms with Gasteiger partial charge in [0.15, 0.2) is 18.0 Å². The lowest BCUT2D eigenvalue weighted by Crippen LogP contribution is -2.81. The van der Waals surface area contributed by atoms with E-state index in [-0.39, 0.29) is 36.2 Å². The summed E-state index contributed by atoms with van der Waals surface area (Å²) in [6.45, 7) is 9.53. The Kier molecular flexibility index (Phi) is 12.5. The summed E-state index contributed by atoms with van der Waals surface area (Å²) < 4.78 is 35.0. The molecule has 60 heavy (non-hydrogen) atoms. The number of fused-ring (bicyclic) bond motifs is 5. The third-order valence-electron chi connectivity index (χ3n) is 13.3. The summed E-state index contributed by atoms with van der Waals surface area (Å²) in [6, 6.07) is 16.5. The number of hydrogen-bond donors (Lipinski definition) is 3. The van der Waals surface area contributed by atoms with Crippen LogP contribution in [0.5, 0.6) is 0 Å². The van der Waals surface area contributed by atoms with Gasteiger partial charge in [0.1, 0.15) is 30.0 Å². The van der Waals surface area contributed by atoms with E-state index >= 15 is 4.79 Å². The highest BCUT2D eigenvalue weighted by Gasteiger charge is 2.78. The second kappa shape index (κ2) is 16.8. The monoisotopic (exact) mass is 834 g/mol. The third-order valence-corrected chi connectivity index (χ3v) is 13.3. The average Bonchev–Trinajstić information content (AvgIpc) is 3.20. The van der Waals surface area contributed by atoms with Gasteiger partial charge in [0.25, 0.3) is 0 Å². The van der Waals surface area contributed by atoms with Crippen LogP contribution in [0.1, 0.15) is 96.0 Å². The smallest absolute Gasteiger partial charge is 0.348 e. The van der Waals surface area contributed by atoms with Crippen molar-refractivity contribution in [1.29, 1.82) is 0 Å². The van der Waals surface area contributed by atoms with Gasteiger partial charge in [-0.05, 0) is 49.1 Å². The Balaban J connectivity index is 1.48. The normalized spacial score (nSPS) is 32.6. The van der Waals surface area contributed by atoms with Crippen molar-refractivity contribution in [1.82, 2.24) is 0 Å². The summed E-state index contributed by atoms with van der Waals surface area (Å²) in [6.07, 6.45) is -9.52. The van der Waals surface area contributed by atoms with E-state index in [0.29, 0.717) is 12.0 Å². The number of rotatable bonds is 12. The molecule has 2 bridgehead atoms. The van der Waals surface area contributed by atoms with Gasteiger partial charge in [0.2, 0.25) is 6.10 Å². The molecule has 0 radical (unpaired) electrons. The van der Waals surface area contributed by atoms with Crippen molar-refractivity contribution in [3.63, 3.8) is 0 Å². The molecule has 1 heterocycles. The highest BCUT2D eigenvalue weighted by Crippen LogP contribution is 2.64. The summed E-state index contributed by atoms with van der Waals surface area (Å²) in [7, 11) is 0. The Hall–Kier alpha value is -4.96. The molecule has 1 aliphatic heterocycles. The van der Waals surface area contributed by atoms with Crippen LogP contribution in [-0.4, -0.2) is 112 Å². The van der Waals surface area contributed by atoms with Crippen LogP contribution in [0.3, 0.4) is 0 Å². The van der Waals surface area contributed by atoms with E-state index in [0.717, 1.165) is 6.92 Å². The van der Waals surface area contributed by atoms with Gasteiger partial charge in [-0.1, -0.05) is 76.2 Å². The van der Waals surface area contributed by atoms with Crippen LogP contribution in [0.25, 0.3) is 0 Å². The van der Waals surface area contributed by atoms with Gasteiger partial charge in [-0.15, -0.1) is 0 Å². The minimum absolute atomic E-state index is 0.0484. The van der Waals surface area contributed by atoms with Gasteiger partial charge in [0.05, 0.1) is 29.6 Å². The number of Topliss-reactive ketones (excluding diaryl/α,β-unsaturated/α-hetero) is 1. The zero-order valence-electron chi connectivity index (χ0n) is 34.9. The number of aliphatic hydroxyl groups is 3. The molecule has 0 spiro atoms. The van der Waals surface area contributed by atoms with E-state index in [1.165, 1.54) is 26.0 Å². The topological polar surface area (TPSA) is 218 Å². The van der Waals surface area contributed by atoms with Crippen LogP contribution in [0.2, 0.25) is 0 Å². The van der Waals surface area contributed by atoms with Gasteiger partial charge in [-0.3, -0.25) is 14.4 Å². The zero-order valence-corrected chi connectivity index (χ0v) is 34.9. The minimum atomic E-state index is -2.35. The van der Waals surface area contributed by atoms with E-state index in [4.69, 9.17) is 28.4 Å². The molecule has 2 saturated carbocycles. The number of benzene rings is 2. The van der Waals surface area contributed by atoms with Crippen LogP contribution in [0.4, 0.5) is 0 Å². The molecule has 0 amide bonds. The van der Waals surface area contributed by atoms with Crippen LogP contribution < -0.4 is 0 Å². The molecular weight excluding hydrogens is 780 g/mol. The van der Waals surface area contributed by atoms with Crippen molar-refractivity contribution < 1.29 is 72.5 Å². The maximum atomic E-state index is 15.0. The molecule has 2 aromatic carbocycles. The number of hydrogen-bond acceptors (Lipinski definition) is 15. The molecule has 15 nitrogen and oxygen atoms in total. The van der Waals surface area contributed by atoms with E-state index < -0.39 is 119 Å². The summed E-state index contributed by atoms with van der Waals surface area (Å²) in [4.78, 5) is 81.7. The first-order chi connectivity index (χ1) is 28.2. The summed E-state index contributed by atoms with van der Waals surface area (Å²) >= 11 is 0. The Morgan fingerprint density at radius 1 is 0.933 bits per heavy atom. The largest absolute Gasteiger partial charge is 0.455 e. The lowest BCUT2D eigenvalue weighted by Gasteiger charge is -2.67. The highest BCUT2D eigenvalue weighted by atomic mass is 16.6. The van der Waals surface area contributed by atoms with E-state index in [2.05, 4.69) is 0 Å². The van der Waals surface area contributed by atoms with Crippen molar-refractivity contribution >= 4 is 35.6 Å². The number of ether oxygens (including phenoxy) is 6. The zero-order chi connectivity index (χ0) is 43.9. The number of ketones is 1. The molecule has 6 rings (SSSR count). The lowest BCUT2D eigenvalue weighted by molar-refractivity contribution is -0.346. The van der Waals surface area contributed by atoms with Crippen LogP contribution in [0, 0.1) is 16.7 Å². The predicted molar refractivity (Wildman–Crippen MR) is 210 cm³/mol. The minimum Gasteiger partial charge on any atom is -0.455 e. The van der Waals surface area contributed by atoms with Gasteiger partial charge in [-0.25, -0.2) is 14.4 Å². The number of carbonyl (C=O) groups is 6. The summed E-state index contributed by atoms with van der Waals surface area (Å²) in [5, 5.41) is 37.6. The Labute approximate surface area is 348 Å². The molecule has 11 atom stereocenters. The fraction of sp³-hybridized carbons (Fsp3) is 0.556. The van der Waals surface area contributed by atoms with Gasteiger partial charge in [-0.2, -0.15) is 0 Å². The number of aliphatic hydroxyl groups excluding tert-OH is 2.